The van der Waals surface area contributed by atoms with E-state index < -0.39 is 0 Å². The molecule has 0 radical (unpaired) electrons. The summed E-state index contributed by atoms with van der Waals surface area (Å²) in [5, 5.41) is 5.10. The molecule has 0 amide bonds. The van der Waals surface area contributed by atoms with Crippen LogP contribution in [0.15, 0.2) is 59.6 Å². The molecule has 0 unspecified atom stereocenters. The van der Waals surface area contributed by atoms with Crippen LogP contribution in [0.25, 0.3) is 33.9 Å². The lowest BCUT2D eigenvalue weighted by Gasteiger charge is -2.18. The quantitative estimate of drug-likeness (QED) is 0.275. The van der Waals surface area contributed by atoms with Crippen molar-refractivity contribution in [1.29, 1.82) is 0 Å². The Balaban J connectivity index is 0.00000142. The molecule has 2 aliphatic rings. The average Bonchev–Trinajstić information content (AvgIpc) is 3.58. The Labute approximate surface area is 232 Å². The first-order valence-electron chi connectivity index (χ1n) is 13.7. The third-order valence-electron chi connectivity index (χ3n) is 7.27. The van der Waals surface area contributed by atoms with E-state index in [2.05, 4.69) is 20.7 Å². The van der Waals surface area contributed by atoms with Crippen LogP contribution in [0.3, 0.4) is 0 Å². The van der Waals surface area contributed by atoms with Gasteiger partial charge in [-0.05, 0) is 61.6 Å². The number of nitrogens with zero attached hydrogens (tertiary/aromatic N) is 5. The third-order valence-corrected chi connectivity index (χ3v) is 7.27. The summed E-state index contributed by atoms with van der Waals surface area (Å²) >= 11 is 0. The largest absolute Gasteiger partial charge is 0.485 e. The van der Waals surface area contributed by atoms with Gasteiger partial charge in [0, 0.05) is 47.6 Å². The summed E-state index contributed by atoms with van der Waals surface area (Å²) < 4.78 is 28.1. The second-order valence-corrected chi connectivity index (χ2v) is 9.94. The monoisotopic (exact) mass is 538 g/mol. The molecule has 0 saturated heterocycles. The van der Waals surface area contributed by atoms with Crippen molar-refractivity contribution in [2.75, 3.05) is 5.73 Å². The molecule has 1 aliphatic heterocycles. The van der Waals surface area contributed by atoms with E-state index in [-0.39, 0.29) is 18.2 Å². The van der Waals surface area contributed by atoms with E-state index in [0.717, 1.165) is 45.9 Å². The number of aromatic nitrogens is 5. The van der Waals surface area contributed by atoms with Gasteiger partial charge < -0.3 is 14.9 Å². The number of nitrogen functional groups attached to an aromatic ring is 1. The summed E-state index contributed by atoms with van der Waals surface area (Å²) in [5.74, 6) is 1.64. The first kappa shape index (κ1) is 25.7. The second-order valence-electron chi connectivity index (χ2n) is 9.94. The lowest BCUT2D eigenvalue weighted by atomic mass is 9.93. The van der Waals surface area contributed by atoms with Gasteiger partial charge >= 0.3 is 0 Å². The first-order chi connectivity index (χ1) is 19.5. The molecule has 40 heavy (non-hydrogen) atoms. The van der Waals surface area contributed by atoms with Crippen LogP contribution in [0.1, 0.15) is 49.1 Å². The molecule has 9 heteroatoms. The molecule has 4 aromatic heterocycles. The zero-order valence-corrected chi connectivity index (χ0v) is 22.8. The highest BCUT2D eigenvalue weighted by atomic mass is 19.1. The number of pyridine rings is 2. The number of hydrogen-bond acceptors (Lipinski definition) is 7. The van der Waals surface area contributed by atoms with Crippen LogP contribution < -0.4 is 10.5 Å². The maximum absolute atomic E-state index is 14.3. The van der Waals surface area contributed by atoms with E-state index in [4.69, 9.17) is 25.0 Å². The van der Waals surface area contributed by atoms with Crippen molar-refractivity contribution in [3.05, 3.63) is 83.5 Å². The van der Waals surface area contributed by atoms with Gasteiger partial charge in [0.05, 0.1) is 11.4 Å². The van der Waals surface area contributed by atoms with E-state index in [9.17, 15) is 4.39 Å². The maximum atomic E-state index is 14.3. The van der Waals surface area contributed by atoms with Crippen molar-refractivity contribution >= 4 is 5.82 Å². The molecule has 5 heterocycles. The molecule has 0 spiro atoms. The smallest absolute Gasteiger partial charge is 0.181 e. The van der Waals surface area contributed by atoms with Crippen molar-refractivity contribution in [3.8, 4) is 39.7 Å². The van der Waals surface area contributed by atoms with Crippen LogP contribution in [-0.4, -0.2) is 24.7 Å². The van der Waals surface area contributed by atoms with E-state index in [1.165, 1.54) is 31.4 Å². The van der Waals surface area contributed by atoms with Crippen molar-refractivity contribution in [3.63, 3.8) is 0 Å². The molecule has 2 N–H and O–H groups in total. The molecule has 1 aromatic carbocycles. The van der Waals surface area contributed by atoms with Gasteiger partial charge in [-0.1, -0.05) is 19.9 Å². The second kappa shape index (κ2) is 10.6. The highest BCUT2D eigenvalue weighted by Crippen LogP contribution is 2.41. The maximum Gasteiger partial charge on any atom is 0.181 e. The number of oxazole rings is 1. The van der Waals surface area contributed by atoms with Crippen molar-refractivity contribution in [1.82, 2.24) is 24.7 Å². The highest BCUT2D eigenvalue weighted by molar-refractivity contribution is 5.77. The van der Waals surface area contributed by atoms with Crippen molar-refractivity contribution in [2.45, 2.75) is 53.2 Å². The van der Waals surface area contributed by atoms with Crippen molar-refractivity contribution < 1.29 is 13.5 Å². The Morgan fingerprint density at radius 2 is 1.88 bits per heavy atom. The molecule has 5 aromatic rings. The van der Waals surface area contributed by atoms with Crippen molar-refractivity contribution in [2.24, 2.45) is 5.92 Å². The molecule has 204 valence electrons. The highest BCUT2D eigenvalue weighted by Gasteiger charge is 2.30. The molecule has 8 nitrogen and oxygen atoms in total. The Hall–Kier alpha value is -4.53. The van der Waals surface area contributed by atoms with Crippen LogP contribution >= 0.6 is 0 Å². The molecule has 1 fully saturated rings. The zero-order chi connectivity index (χ0) is 27.8. The fraction of sp³-hybridized carbons (Fsp3) is 0.290. The Bertz CT molecular complexity index is 1690. The minimum atomic E-state index is -0.343. The summed E-state index contributed by atoms with van der Waals surface area (Å²) in [6, 6.07) is 10.6. The first-order valence-corrected chi connectivity index (χ1v) is 13.7. The van der Waals surface area contributed by atoms with Gasteiger partial charge in [0.15, 0.2) is 18.0 Å². The topological polar surface area (TPSA) is 105 Å². The Morgan fingerprint density at radius 3 is 2.65 bits per heavy atom. The number of rotatable bonds is 3. The minimum Gasteiger partial charge on any atom is -0.485 e. The standard InChI is InChI=1S/C29H25FN6O2.C2H6/c1-16-25(34-15-38-16)27-23-10-18-3-2-8-32-26(18)22-7-6-21(30)9-20(22)14-37-24-11-19(12-33-29(24)31)28(23)36(35-27)13-17-4-5-17;1-2/h2-3,6-9,11-12,15,17H,4-5,10,13-14H2,1H3,(H2,31,33);1-2H3. The summed E-state index contributed by atoms with van der Waals surface area (Å²) in [7, 11) is 0. The number of benzene rings is 1. The average molecular weight is 539 g/mol. The number of ether oxygens (including phenoxy) is 1. The molecule has 1 saturated carbocycles. The predicted octanol–water partition coefficient (Wildman–Crippen LogP) is 6.61. The number of anilines is 1. The number of hydrogen-bond donors (Lipinski definition) is 1. The number of aryl methyl sites for hydroxylation is 1. The molecular formula is C31H31FN6O2. The minimum absolute atomic E-state index is 0.121. The SMILES string of the molecule is CC.Cc1ocnc1-c1nn(CC2CC2)c2c1Cc1cccnc1-c1ccc(F)cc1COc1cc-2cnc1N. The summed E-state index contributed by atoms with van der Waals surface area (Å²) in [4.78, 5) is 13.7. The molecule has 1 aliphatic carbocycles. The van der Waals surface area contributed by atoms with Crippen LogP contribution in [0.4, 0.5) is 10.2 Å². The van der Waals surface area contributed by atoms with Gasteiger partial charge in [0.1, 0.15) is 29.6 Å². The normalized spacial score (nSPS) is 13.9. The summed E-state index contributed by atoms with van der Waals surface area (Å²) in [6.07, 6.45) is 7.85. The van der Waals surface area contributed by atoms with E-state index in [1.54, 1.807) is 18.5 Å². The zero-order valence-electron chi connectivity index (χ0n) is 22.8. The van der Waals surface area contributed by atoms with E-state index in [1.807, 2.05) is 32.9 Å². The molecular weight excluding hydrogens is 507 g/mol. The lowest BCUT2D eigenvalue weighted by Crippen LogP contribution is -2.08. The predicted molar refractivity (Wildman–Crippen MR) is 151 cm³/mol. The van der Waals surface area contributed by atoms with Gasteiger partial charge in [-0.2, -0.15) is 5.10 Å². The van der Waals surface area contributed by atoms with Gasteiger partial charge in [-0.25, -0.2) is 14.4 Å². The van der Waals surface area contributed by atoms with Crippen LogP contribution in [0.2, 0.25) is 0 Å². The fourth-order valence-corrected chi connectivity index (χ4v) is 5.17. The van der Waals surface area contributed by atoms with E-state index >= 15 is 0 Å². The van der Waals surface area contributed by atoms with Gasteiger partial charge in [-0.15, -0.1) is 0 Å². The molecule has 0 atom stereocenters. The van der Waals surface area contributed by atoms with Gasteiger partial charge in [-0.3, -0.25) is 9.67 Å². The summed E-state index contributed by atoms with van der Waals surface area (Å²) in [6.45, 7) is 6.80. The van der Waals surface area contributed by atoms with Crippen LogP contribution in [0, 0.1) is 18.7 Å². The Kier molecular flexibility index (Phi) is 6.79. The van der Waals surface area contributed by atoms with E-state index in [0.29, 0.717) is 35.1 Å². The van der Waals surface area contributed by atoms with Gasteiger partial charge in [0.25, 0.3) is 0 Å². The number of nitrogens with two attached hydrogens (primary N) is 1. The number of fused-ring (bicyclic) bond motifs is 7. The Morgan fingerprint density at radius 1 is 1.02 bits per heavy atom. The van der Waals surface area contributed by atoms with Gasteiger partial charge in [0.2, 0.25) is 0 Å². The lowest BCUT2D eigenvalue weighted by molar-refractivity contribution is 0.307. The van der Waals surface area contributed by atoms with Crippen LogP contribution in [-0.2, 0) is 19.6 Å². The number of halogens is 1. The third kappa shape index (κ3) is 4.72. The van der Waals surface area contributed by atoms with Crippen LogP contribution in [0.5, 0.6) is 5.75 Å². The fourth-order valence-electron chi connectivity index (χ4n) is 5.17. The summed E-state index contributed by atoms with van der Waals surface area (Å²) in [5.41, 5.74) is 13.7. The molecule has 7 rings (SSSR count). The molecule has 2 bridgehead atoms.